The molecule has 2 heterocycles. The summed E-state index contributed by atoms with van der Waals surface area (Å²) in [5.41, 5.74) is -0.543. The maximum Gasteiger partial charge on any atom is 0.416 e. The van der Waals surface area contributed by atoms with E-state index in [1.807, 2.05) is 13.8 Å². The highest BCUT2D eigenvalue weighted by Gasteiger charge is 2.40. The Balaban J connectivity index is 2.02. The van der Waals surface area contributed by atoms with Crippen molar-refractivity contribution in [3.63, 3.8) is 0 Å². The zero-order chi connectivity index (χ0) is 19.8. The molecule has 0 unspecified atom stereocenters. The SMILES string of the molecule is CC(C)CN1C(=O)C(Nc2cccc(C(F)(F)F)c2)=C(c2cccs2)C1=O. The van der Waals surface area contributed by atoms with E-state index in [4.69, 9.17) is 0 Å². The summed E-state index contributed by atoms with van der Waals surface area (Å²) in [4.78, 5) is 27.3. The van der Waals surface area contributed by atoms with Crippen molar-refractivity contribution in [3.05, 3.63) is 57.9 Å². The highest BCUT2D eigenvalue weighted by Crippen LogP contribution is 2.35. The van der Waals surface area contributed by atoms with Gasteiger partial charge in [-0.1, -0.05) is 26.0 Å². The molecule has 4 nitrogen and oxygen atoms in total. The lowest BCUT2D eigenvalue weighted by Crippen LogP contribution is -2.35. The molecule has 0 saturated carbocycles. The van der Waals surface area contributed by atoms with Gasteiger partial charge in [-0.15, -0.1) is 11.3 Å². The molecule has 27 heavy (non-hydrogen) atoms. The van der Waals surface area contributed by atoms with Gasteiger partial charge in [0.1, 0.15) is 5.70 Å². The molecule has 142 valence electrons. The Kier molecular flexibility index (Phi) is 5.10. The summed E-state index contributed by atoms with van der Waals surface area (Å²) in [7, 11) is 0. The summed E-state index contributed by atoms with van der Waals surface area (Å²) in [5, 5.41) is 4.52. The summed E-state index contributed by atoms with van der Waals surface area (Å²) in [5.74, 6) is -0.907. The number of halogens is 3. The number of imide groups is 1. The largest absolute Gasteiger partial charge is 0.416 e. The average molecular weight is 394 g/mol. The van der Waals surface area contributed by atoms with Crippen LogP contribution in [0.5, 0.6) is 0 Å². The summed E-state index contributed by atoms with van der Waals surface area (Å²) >= 11 is 1.29. The van der Waals surface area contributed by atoms with Crippen molar-refractivity contribution < 1.29 is 22.8 Å². The maximum atomic E-state index is 13.0. The predicted octanol–water partition coefficient (Wildman–Crippen LogP) is 4.61. The van der Waals surface area contributed by atoms with Crippen LogP contribution in [-0.4, -0.2) is 23.3 Å². The second-order valence-electron chi connectivity index (χ2n) is 6.55. The normalized spacial score (nSPS) is 15.3. The molecule has 0 bridgehead atoms. The van der Waals surface area contributed by atoms with Crippen molar-refractivity contribution in [2.24, 2.45) is 5.92 Å². The number of hydrogen-bond donors (Lipinski definition) is 1. The number of nitrogens with one attached hydrogen (secondary N) is 1. The van der Waals surface area contributed by atoms with E-state index < -0.39 is 23.6 Å². The highest BCUT2D eigenvalue weighted by molar-refractivity contribution is 7.11. The smallest absolute Gasteiger partial charge is 0.350 e. The van der Waals surface area contributed by atoms with Crippen LogP contribution in [-0.2, 0) is 15.8 Å². The van der Waals surface area contributed by atoms with Gasteiger partial charge in [0, 0.05) is 17.1 Å². The van der Waals surface area contributed by atoms with Crippen LogP contribution in [0.1, 0.15) is 24.3 Å². The molecular weight excluding hydrogens is 377 g/mol. The first kappa shape index (κ1) is 19.2. The number of anilines is 1. The van der Waals surface area contributed by atoms with Gasteiger partial charge in [-0.3, -0.25) is 14.5 Å². The third-order valence-corrected chi connectivity index (χ3v) is 4.83. The molecule has 1 aromatic heterocycles. The van der Waals surface area contributed by atoms with E-state index in [0.29, 0.717) is 4.88 Å². The molecule has 8 heteroatoms. The van der Waals surface area contributed by atoms with E-state index in [1.54, 1.807) is 17.5 Å². The van der Waals surface area contributed by atoms with Gasteiger partial charge in [-0.25, -0.2) is 0 Å². The Hall–Kier alpha value is -2.61. The Morgan fingerprint density at radius 1 is 1.11 bits per heavy atom. The van der Waals surface area contributed by atoms with Gasteiger partial charge in [0.05, 0.1) is 11.1 Å². The molecular formula is C19H17F3N2O2S. The standard InChI is InChI=1S/C19H17F3N2O2S/c1-11(2)10-24-17(25)15(14-7-4-8-27-14)16(18(24)26)23-13-6-3-5-12(9-13)19(20,21)22/h3-9,11,23H,10H2,1-2H3. The fourth-order valence-electron chi connectivity index (χ4n) is 2.79. The Morgan fingerprint density at radius 2 is 1.85 bits per heavy atom. The maximum absolute atomic E-state index is 13.0. The molecule has 0 fully saturated rings. The van der Waals surface area contributed by atoms with E-state index in [2.05, 4.69) is 5.32 Å². The van der Waals surface area contributed by atoms with Crippen LogP contribution in [0.15, 0.2) is 47.5 Å². The molecule has 0 aliphatic carbocycles. The van der Waals surface area contributed by atoms with E-state index in [-0.39, 0.29) is 29.4 Å². The number of rotatable bonds is 5. The third kappa shape index (κ3) is 3.90. The number of nitrogens with zero attached hydrogens (tertiary/aromatic N) is 1. The average Bonchev–Trinajstić information content (AvgIpc) is 3.18. The van der Waals surface area contributed by atoms with Crippen molar-refractivity contribution >= 4 is 34.4 Å². The number of thiophene rings is 1. The van der Waals surface area contributed by atoms with Crippen molar-refractivity contribution in [1.29, 1.82) is 0 Å². The first-order valence-corrected chi connectivity index (χ1v) is 9.15. The van der Waals surface area contributed by atoms with E-state index in [1.165, 1.54) is 23.5 Å². The van der Waals surface area contributed by atoms with Crippen molar-refractivity contribution in [2.75, 3.05) is 11.9 Å². The van der Waals surface area contributed by atoms with Crippen LogP contribution >= 0.6 is 11.3 Å². The molecule has 1 aliphatic heterocycles. The summed E-state index contributed by atoms with van der Waals surface area (Å²) in [6.45, 7) is 3.99. The predicted molar refractivity (Wildman–Crippen MR) is 97.9 cm³/mol. The summed E-state index contributed by atoms with van der Waals surface area (Å²) in [6, 6.07) is 8.00. The van der Waals surface area contributed by atoms with Crippen molar-refractivity contribution in [3.8, 4) is 0 Å². The van der Waals surface area contributed by atoms with E-state index in [9.17, 15) is 22.8 Å². The summed E-state index contributed by atoms with van der Waals surface area (Å²) < 4.78 is 38.9. The number of carbonyl (C=O) groups excluding carboxylic acids is 2. The molecule has 1 aliphatic rings. The minimum Gasteiger partial charge on any atom is -0.350 e. The first-order chi connectivity index (χ1) is 12.7. The van der Waals surface area contributed by atoms with E-state index >= 15 is 0 Å². The van der Waals surface area contributed by atoms with Crippen LogP contribution in [0.25, 0.3) is 5.57 Å². The first-order valence-electron chi connectivity index (χ1n) is 8.27. The molecule has 0 radical (unpaired) electrons. The number of benzene rings is 1. The Labute approximate surface area is 158 Å². The van der Waals surface area contributed by atoms with Crippen LogP contribution in [0.3, 0.4) is 0 Å². The van der Waals surface area contributed by atoms with Crippen LogP contribution < -0.4 is 5.32 Å². The third-order valence-electron chi connectivity index (χ3n) is 3.94. The number of amides is 2. The molecule has 3 rings (SSSR count). The fourth-order valence-corrected chi connectivity index (χ4v) is 3.56. The molecule has 1 N–H and O–H groups in total. The van der Waals surface area contributed by atoms with E-state index in [0.717, 1.165) is 17.0 Å². The second-order valence-corrected chi connectivity index (χ2v) is 7.49. The molecule has 0 saturated heterocycles. The summed E-state index contributed by atoms with van der Waals surface area (Å²) in [6.07, 6.45) is -4.50. The molecule has 2 amide bonds. The lowest BCUT2D eigenvalue weighted by molar-refractivity contribution is -0.138. The van der Waals surface area contributed by atoms with Crippen molar-refractivity contribution in [1.82, 2.24) is 4.90 Å². The lowest BCUT2D eigenvalue weighted by Gasteiger charge is -2.17. The molecule has 0 atom stereocenters. The van der Waals surface area contributed by atoms with Gasteiger partial charge in [0.15, 0.2) is 0 Å². The van der Waals surface area contributed by atoms with Gasteiger partial charge in [-0.05, 0) is 35.6 Å². The van der Waals surface area contributed by atoms with Gasteiger partial charge < -0.3 is 5.32 Å². The van der Waals surface area contributed by atoms with Gasteiger partial charge >= 0.3 is 6.18 Å². The molecule has 0 spiro atoms. The minimum absolute atomic E-state index is 0.00224. The highest BCUT2D eigenvalue weighted by atomic mass is 32.1. The fraction of sp³-hybridized carbons (Fsp3) is 0.263. The van der Waals surface area contributed by atoms with Crippen LogP contribution in [0.4, 0.5) is 18.9 Å². The van der Waals surface area contributed by atoms with Gasteiger partial charge in [0.25, 0.3) is 11.8 Å². The number of carbonyl (C=O) groups is 2. The zero-order valence-corrected chi connectivity index (χ0v) is 15.4. The molecule has 1 aromatic carbocycles. The quantitative estimate of drug-likeness (QED) is 0.753. The van der Waals surface area contributed by atoms with Crippen molar-refractivity contribution in [2.45, 2.75) is 20.0 Å². The topological polar surface area (TPSA) is 49.4 Å². The zero-order valence-electron chi connectivity index (χ0n) is 14.6. The van der Waals surface area contributed by atoms with Gasteiger partial charge in [0.2, 0.25) is 0 Å². The molecule has 2 aromatic rings. The Morgan fingerprint density at radius 3 is 2.44 bits per heavy atom. The second kappa shape index (κ2) is 7.19. The minimum atomic E-state index is -4.50. The van der Waals surface area contributed by atoms with Crippen LogP contribution in [0, 0.1) is 5.92 Å². The monoisotopic (exact) mass is 394 g/mol. The lowest BCUT2D eigenvalue weighted by atomic mass is 10.1. The number of alkyl halides is 3. The Bertz CT molecular complexity index is 902. The van der Waals surface area contributed by atoms with Gasteiger partial charge in [-0.2, -0.15) is 13.2 Å². The van der Waals surface area contributed by atoms with Crippen LogP contribution in [0.2, 0.25) is 0 Å². The number of hydrogen-bond acceptors (Lipinski definition) is 4.